The van der Waals surface area contributed by atoms with E-state index in [0.717, 1.165) is 0 Å². The van der Waals surface area contributed by atoms with Crippen molar-refractivity contribution in [2.75, 3.05) is 26.4 Å². The lowest BCUT2D eigenvalue weighted by Gasteiger charge is -2.33. The van der Waals surface area contributed by atoms with E-state index in [2.05, 4.69) is 0 Å². The zero-order chi connectivity index (χ0) is 13.0. The highest BCUT2D eigenvalue weighted by Crippen LogP contribution is 2.37. The third kappa shape index (κ3) is 3.38. The first kappa shape index (κ1) is 14.1. The molecule has 0 aromatic heterocycles. The molecule has 2 fully saturated rings. The highest BCUT2D eigenvalue weighted by molar-refractivity contribution is 4.86. The van der Waals surface area contributed by atoms with E-state index in [1.165, 1.54) is 0 Å². The molecular weight excluding hydrogens is 246 g/mol. The molecule has 1 atom stereocenters. The Labute approximate surface area is 105 Å². The molecule has 0 saturated carbocycles. The zero-order valence-corrected chi connectivity index (χ0v) is 10.3. The smallest absolute Gasteiger partial charge is 0.276 e. The Bertz CT molecular complexity index is 250. The second-order valence-corrected chi connectivity index (χ2v) is 4.83. The molecule has 1 N–H and O–H groups in total. The van der Waals surface area contributed by atoms with E-state index in [0.29, 0.717) is 45.7 Å². The second kappa shape index (κ2) is 6.23. The van der Waals surface area contributed by atoms with Crippen LogP contribution in [0.4, 0.5) is 8.78 Å². The maximum absolute atomic E-state index is 14.0. The molecule has 6 heteroatoms. The van der Waals surface area contributed by atoms with Crippen LogP contribution in [-0.4, -0.2) is 49.9 Å². The second-order valence-electron chi connectivity index (χ2n) is 4.83. The molecule has 106 valence electrons. The van der Waals surface area contributed by atoms with Gasteiger partial charge in [0.05, 0.1) is 13.2 Å². The third-order valence-electron chi connectivity index (χ3n) is 3.58. The standard InChI is InChI=1S/C12H20F2O4/c13-12(14,9-3-5-16-6-4-9)10(15)1-2-11-17-7-8-18-11/h9-11,15H,1-8H2. The first-order valence-corrected chi connectivity index (χ1v) is 6.47. The Morgan fingerprint density at radius 3 is 2.33 bits per heavy atom. The SMILES string of the molecule is OC(CCC1OCCO1)C(F)(F)C1CCOCC1. The maximum atomic E-state index is 14.0. The molecule has 0 spiro atoms. The molecule has 2 saturated heterocycles. The number of aliphatic hydroxyl groups is 1. The fraction of sp³-hybridized carbons (Fsp3) is 1.00. The van der Waals surface area contributed by atoms with Crippen molar-refractivity contribution < 1.29 is 28.1 Å². The Kier molecular flexibility index (Phi) is 4.89. The molecule has 4 nitrogen and oxygen atoms in total. The summed E-state index contributed by atoms with van der Waals surface area (Å²) in [5.74, 6) is -3.84. The molecule has 1 unspecified atom stereocenters. The van der Waals surface area contributed by atoms with Gasteiger partial charge in [-0.1, -0.05) is 0 Å². The van der Waals surface area contributed by atoms with Crippen molar-refractivity contribution in [3.8, 4) is 0 Å². The zero-order valence-electron chi connectivity index (χ0n) is 10.3. The number of alkyl halides is 2. The number of hydrogen-bond acceptors (Lipinski definition) is 4. The largest absolute Gasteiger partial charge is 0.387 e. The molecule has 2 aliphatic heterocycles. The van der Waals surface area contributed by atoms with Crippen LogP contribution < -0.4 is 0 Å². The van der Waals surface area contributed by atoms with E-state index in [1.807, 2.05) is 0 Å². The van der Waals surface area contributed by atoms with Crippen molar-refractivity contribution in [3.63, 3.8) is 0 Å². The lowest BCUT2D eigenvalue weighted by Crippen LogP contribution is -2.43. The lowest BCUT2D eigenvalue weighted by molar-refractivity contribution is -0.173. The highest BCUT2D eigenvalue weighted by Gasteiger charge is 2.46. The number of hydrogen-bond donors (Lipinski definition) is 1. The van der Waals surface area contributed by atoms with Crippen LogP contribution in [0.1, 0.15) is 25.7 Å². The van der Waals surface area contributed by atoms with Gasteiger partial charge in [0.1, 0.15) is 6.10 Å². The number of aliphatic hydroxyl groups excluding tert-OH is 1. The van der Waals surface area contributed by atoms with Crippen molar-refractivity contribution in [2.24, 2.45) is 5.92 Å². The van der Waals surface area contributed by atoms with Gasteiger partial charge < -0.3 is 19.3 Å². The van der Waals surface area contributed by atoms with E-state index >= 15 is 0 Å². The van der Waals surface area contributed by atoms with Crippen molar-refractivity contribution in [3.05, 3.63) is 0 Å². The van der Waals surface area contributed by atoms with E-state index in [9.17, 15) is 13.9 Å². The van der Waals surface area contributed by atoms with Gasteiger partial charge >= 0.3 is 0 Å². The average Bonchev–Trinajstić information content (AvgIpc) is 2.90. The minimum atomic E-state index is -3.05. The number of rotatable bonds is 5. The molecule has 0 aromatic carbocycles. The third-order valence-corrected chi connectivity index (χ3v) is 3.58. The van der Waals surface area contributed by atoms with Crippen LogP contribution in [0.3, 0.4) is 0 Å². The van der Waals surface area contributed by atoms with Crippen LogP contribution in [-0.2, 0) is 14.2 Å². The molecule has 2 heterocycles. The Hall–Kier alpha value is -0.300. The first-order chi connectivity index (χ1) is 8.60. The van der Waals surface area contributed by atoms with Gasteiger partial charge in [-0.2, -0.15) is 0 Å². The van der Waals surface area contributed by atoms with Crippen LogP contribution in [0.2, 0.25) is 0 Å². The predicted molar refractivity (Wildman–Crippen MR) is 59.4 cm³/mol. The molecule has 2 aliphatic rings. The summed E-state index contributed by atoms with van der Waals surface area (Å²) in [6.07, 6.45) is -1.16. The van der Waals surface area contributed by atoms with Gasteiger partial charge in [0, 0.05) is 25.6 Å². The van der Waals surface area contributed by atoms with E-state index in [-0.39, 0.29) is 6.42 Å². The minimum Gasteiger partial charge on any atom is -0.387 e. The quantitative estimate of drug-likeness (QED) is 0.820. The summed E-state index contributed by atoms with van der Waals surface area (Å²) in [4.78, 5) is 0. The van der Waals surface area contributed by atoms with Crippen LogP contribution in [0, 0.1) is 5.92 Å². The monoisotopic (exact) mass is 266 g/mol. The highest BCUT2D eigenvalue weighted by atomic mass is 19.3. The van der Waals surface area contributed by atoms with Gasteiger partial charge in [0.15, 0.2) is 6.29 Å². The summed E-state index contributed by atoms with van der Waals surface area (Å²) in [6.45, 7) is 1.69. The normalized spacial score (nSPS) is 25.5. The van der Waals surface area contributed by atoms with Gasteiger partial charge in [-0.25, -0.2) is 8.78 Å². The van der Waals surface area contributed by atoms with Crippen molar-refractivity contribution >= 4 is 0 Å². The molecular formula is C12H20F2O4. The Morgan fingerprint density at radius 2 is 1.72 bits per heavy atom. The van der Waals surface area contributed by atoms with Gasteiger partial charge in [-0.15, -0.1) is 0 Å². The number of halogens is 2. The van der Waals surface area contributed by atoms with Gasteiger partial charge in [0.25, 0.3) is 5.92 Å². The van der Waals surface area contributed by atoms with E-state index in [1.54, 1.807) is 0 Å². The van der Waals surface area contributed by atoms with E-state index < -0.39 is 24.2 Å². The summed E-state index contributed by atoms with van der Waals surface area (Å²) < 4.78 is 43.4. The fourth-order valence-corrected chi connectivity index (χ4v) is 2.41. The van der Waals surface area contributed by atoms with Crippen LogP contribution in [0.15, 0.2) is 0 Å². The fourth-order valence-electron chi connectivity index (χ4n) is 2.41. The lowest BCUT2D eigenvalue weighted by atomic mass is 9.88. The Morgan fingerprint density at radius 1 is 1.11 bits per heavy atom. The minimum absolute atomic E-state index is 0.00494. The summed E-state index contributed by atoms with van der Waals surface area (Å²) in [7, 11) is 0. The van der Waals surface area contributed by atoms with Gasteiger partial charge in [0.2, 0.25) is 0 Å². The summed E-state index contributed by atoms with van der Waals surface area (Å²) in [5, 5.41) is 9.69. The number of ether oxygens (including phenoxy) is 3. The molecule has 0 bridgehead atoms. The van der Waals surface area contributed by atoms with E-state index in [4.69, 9.17) is 14.2 Å². The molecule has 0 aliphatic carbocycles. The predicted octanol–water partition coefficient (Wildman–Crippen LogP) is 1.56. The maximum Gasteiger partial charge on any atom is 0.276 e. The van der Waals surface area contributed by atoms with Crippen LogP contribution in [0.5, 0.6) is 0 Å². The molecule has 2 rings (SSSR count). The van der Waals surface area contributed by atoms with Gasteiger partial charge in [-0.05, 0) is 19.3 Å². The Balaban J connectivity index is 1.79. The molecule has 18 heavy (non-hydrogen) atoms. The topological polar surface area (TPSA) is 47.9 Å². The summed E-state index contributed by atoms with van der Waals surface area (Å²) in [5.41, 5.74) is 0. The van der Waals surface area contributed by atoms with Crippen LogP contribution in [0.25, 0.3) is 0 Å². The van der Waals surface area contributed by atoms with Crippen LogP contribution >= 0.6 is 0 Å². The summed E-state index contributed by atoms with van der Waals surface area (Å²) in [6, 6.07) is 0. The first-order valence-electron chi connectivity index (χ1n) is 6.47. The van der Waals surface area contributed by atoms with Crippen molar-refractivity contribution in [1.82, 2.24) is 0 Å². The molecule has 0 amide bonds. The molecule has 0 radical (unpaired) electrons. The van der Waals surface area contributed by atoms with Crippen molar-refractivity contribution in [2.45, 2.75) is 44.0 Å². The molecule has 0 aromatic rings. The summed E-state index contributed by atoms with van der Waals surface area (Å²) >= 11 is 0. The van der Waals surface area contributed by atoms with Crippen molar-refractivity contribution in [1.29, 1.82) is 0 Å². The average molecular weight is 266 g/mol. The van der Waals surface area contributed by atoms with Gasteiger partial charge in [-0.3, -0.25) is 0 Å².